The van der Waals surface area contributed by atoms with Crippen molar-refractivity contribution in [3.05, 3.63) is 29.6 Å². The molecule has 0 heterocycles. The molecule has 0 aliphatic heterocycles. The zero-order chi connectivity index (χ0) is 11.3. The highest BCUT2D eigenvalue weighted by molar-refractivity contribution is 5.47. The zero-order valence-corrected chi connectivity index (χ0v) is 9.46. The van der Waals surface area contributed by atoms with Crippen LogP contribution >= 0.6 is 0 Å². The summed E-state index contributed by atoms with van der Waals surface area (Å²) >= 11 is 0. The van der Waals surface area contributed by atoms with E-state index in [1.165, 1.54) is 12.5 Å². The molecule has 1 rings (SSSR count). The van der Waals surface area contributed by atoms with Gasteiger partial charge in [-0.1, -0.05) is 25.5 Å². The Kier molecular flexibility index (Phi) is 4.56. The SMILES string of the molecule is CCCCN(C)Cc1cccc(F)c1N. The van der Waals surface area contributed by atoms with Crippen LogP contribution in [0.5, 0.6) is 0 Å². The van der Waals surface area contributed by atoms with Crippen LogP contribution in [0.4, 0.5) is 10.1 Å². The number of halogens is 1. The van der Waals surface area contributed by atoms with Crippen molar-refractivity contribution in [3.8, 4) is 0 Å². The van der Waals surface area contributed by atoms with Gasteiger partial charge < -0.3 is 10.6 Å². The van der Waals surface area contributed by atoms with Crippen molar-refractivity contribution >= 4 is 5.69 Å². The summed E-state index contributed by atoms with van der Waals surface area (Å²) in [6.07, 6.45) is 2.33. The Balaban J connectivity index is 2.60. The number of anilines is 1. The van der Waals surface area contributed by atoms with Crippen molar-refractivity contribution in [2.45, 2.75) is 26.3 Å². The minimum absolute atomic E-state index is 0.279. The van der Waals surface area contributed by atoms with Crippen molar-refractivity contribution in [2.24, 2.45) is 0 Å². The van der Waals surface area contributed by atoms with Crippen LogP contribution in [-0.4, -0.2) is 18.5 Å². The second kappa shape index (κ2) is 5.71. The maximum Gasteiger partial charge on any atom is 0.146 e. The van der Waals surface area contributed by atoms with E-state index in [1.807, 2.05) is 13.1 Å². The molecular weight excluding hydrogens is 191 g/mol. The van der Waals surface area contributed by atoms with Crippen molar-refractivity contribution in [1.29, 1.82) is 0 Å². The summed E-state index contributed by atoms with van der Waals surface area (Å²) < 4.78 is 13.1. The number of para-hydroxylation sites is 1. The van der Waals surface area contributed by atoms with Gasteiger partial charge in [0, 0.05) is 6.54 Å². The molecule has 0 unspecified atom stereocenters. The fourth-order valence-corrected chi connectivity index (χ4v) is 1.52. The molecule has 0 saturated carbocycles. The number of hydrogen-bond acceptors (Lipinski definition) is 2. The van der Waals surface area contributed by atoms with Gasteiger partial charge in [-0.2, -0.15) is 0 Å². The van der Waals surface area contributed by atoms with Gasteiger partial charge in [0.15, 0.2) is 0 Å². The van der Waals surface area contributed by atoms with Gasteiger partial charge in [0.05, 0.1) is 5.69 Å². The Labute approximate surface area is 90.9 Å². The molecule has 0 radical (unpaired) electrons. The van der Waals surface area contributed by atoms with Gasteiger partial charge in [-0.25, -0.2) is 4.39 Å². The van der Waals surface area contributed by atoms with Gasteiger partial charge in [-0.3, -0.25) is 0 Å². The lowest BCUT2D eigenvalue weighted by atomic mass is 10.1. The molecule has 84 valence electrons. The number of hydrogen-bond donors (Lipinski definition) is 1. The van der Waals surface area contributed by atoms with Crippen LogP contribution in [0.2, 0.25) is 0 Å². The molecule has 2 N–H and O–H groups in total. The van der Waals surface area contributed by atoms with Gasteiger partial charge in [0.1, 0.15) is 5.82 Å². The summed E-state index contributed by atoms with van der Waals surface area (Å²) in [6, 6.07) is 4.97. The number of nitrogens with zero attached hydrogens (tertiary/aromatic N) is 1. The van der Waals surface area contributed by atoms with E-state index in [4.69, 9.17) is 5.73 Å². The molecule has 2 nitrogen and oxygen atoms in total. The maximum atomic E-state index is 13.1. The third kappa shape index (κ3) is 3.51. The summed E-state index contributed by atoms with van der Waals surface area (Å²) in [6.45, 7) is 3.89. The van der Waals surface area contributed by atoms with E-state index < -0.39 is 0 Å². The van der Waals surface area contributed by atoms with Crippen LogP contribution < -0.4 is 5.73 Å². The molecule has 0 fully saturated rings. The minimum Gasteiger partial charge on any atom is -0.396 e. The predicted octanol–water partition coefficient (Wildman–Crippen LogP) is 2.64. The first-order valence-electron chi connectivity index (χ1n) is 5.36. The Hall–Kier alpha value is -1.09. The average molecular weight is 210 g/mol. The summed E-state index contributed by atoms with van der Waals surface area (Å²) in [7, 11) is 2.03. The van der Waals surface area contributed by atoms with E-state index in [9.17, 15) is 4.39 Å². The van der Waals surface area contributed by atoms with E-state index in [2.05, 4.69) is 11.8 Å². The van der Waals surface area contributed by atoms with Crippen molar-refractivity contribution in [3.63, 3.8) is 0 Å². The van der Waals surface area contributed by atoms with Gasteiger partial charge in [-0.05, 0) is 31.6 Å². The maximum absolute atomic E-state index is 13.1. The molecule has 0 aromatic heterocycles. The number of nitrogen functional groups attached to an aromatic ring is 1. The molecule has 0 atom stereocenters. The normalized spacial score (nSPS) is 10.9. The van der Waals surface area contributed by atoms with Gasteiger partial charge in [0.2, 0.25) is 0 Å². The average Bonchev–Trinajstić information content (AvgIpc) is 2.22. The third-order valence-electron chi connectivity index (χ3n) is 2.48. The third-order valence-corrected chi connectivity index (χ3v) is 2.48. The molecule has 0 aliphatic carbocycles. The van der Waals surface area contributed by atoms with E-state index in [1.54, 1.807) is 6.07 Å². The standard InChI is InChI=1S/C12H19FN2/c1-3-4-8-15(2)9-10-6-5-7-11(13)12(10)14/h5-7H,3-4,8-9,14H2,1-2H3. The Morgan fingerprint density at radius 1 is 1.40 bits per heavy atom. The lowest BCUT2D eigenvalue weighted by Gasteiger charge is -2.17. The molecule has 1 aromatic rings. The van der Waals surface area contributed by atoms with Crippen LogP contribution in [0.15, 0.2) is 18.2 Å². The quantitative estimate of drug-likeness (QED) is 0.757. The van der Waals surface area contributed by atoms with Crippen LogP contribution in [0.25, 0.3) is 0 Å². The van der Waals surface area contributed by atoms with E-state index >= 15 is 0 Å². The first-order chi connectivity index (χ1) is 7.15. The van der Waals surface area contributed by atoms with Crippen LogP contribution in [0, 0.1) is 5.82 Å². The first kappa shape index (κ1) is 12.0. The molecule has 3 heteroatoms. The lowest BCUT2D eigenvalue weighted by Crippen LogP contribution is -2.19. The Morgan fingerprint density at radius 2 is 2.13 bits per heavy atom. The van der Waals surface area contributed by atoms with E-state index in [0.29, 0.717) is 6.54 Å². The minimum atomic E-state index is -0.323. The summed E-state index contributed by atoms with van der Waals surface area (Å²) in [5.41, 5.74) is 6.81. The monoisotopic (exact) mass is 210 g/mol. The Bertz CT molecular complexity index is 312. The van der Waals surface area contributed by atoms with E-state index in [0.717, 1.165) is 18.5 Å². The molecule has 0 amide bonds. The highest BCUT2D eigenvalue weighted by Crippen LogP contribution is 2.17. The second-order valence-electron chi connectivity index (χ2n) is 3.90. The lowest BCUT2D eigenvalue weighted by molar-refractivity contribution is 0.321. The molecule has 1 aromatic carbocycles. The smallest absolute Gasteiger partial charge is 0.146 e. The molecule has 0 aliphatic rings. The summed E-state index contributed by atoms with van der Waals surface area (Å²) in [5, 5.41) is 0. The number of nitrogens with two attached hydrogens (primary N) is 1. The fraction of sp³-hybridized carbons (Fsp3) is 0.500. The zero-order valence-electron chi connectivity index (χ0n) is 9.46. The molecule has 0 spiro atoms. The van der Waals surface area contributed by atoms with Crippen LogP contribution in [0.1, 0.15) is 25.3 Å². The highest BCUT2D eigenvalue weighted by Gasteiger charge is 2.06. The van der Waals surface area contributed by atoms with Crippen molar-refractivity contribution in [2.75, 3.05) is 19.3 Å². The molecule has 0 bridgehead atoms. The van der Waals surface area contributed by atoms with E-state index in [-0.39, 0.29) is 11.5 Å². The topological polar surface area (TPSA) is 29.3 Å². The van der Waals surface area contributed by atoms with Crippen molar-refractivity contribution in [1.82, 2.24) is 4.90 Å². The Morgan fingerprint density at radius 3 is 2.80 bits per heavy atom. The largest absolute Gasteiger partial charge is 0.396 e. The molecule has 0 saturated heterocycles. The first-order valence-corrected chi connectivity index (χ1v) is 5.36. The number of unbranched alkanes of at least 4 members (excludes halogenated alkanes) is 1. The predicted molar refractivity (Wildman–Crippen MR) is 62.1 cm³/mol. The van der Waals surface area contributed by atoms with Gasteiger partial charge in [-0.15, -0.1) is 0 Å². The second-order valence-corrected chi connectivity index (χ2v) is 3.90. The molecular formula is C12H19FN2. The number of benzene rings is 1. The van der Waals surface area contributed by atoms with Crippen LogP contribution in [-0.2, 0) is 6.54 Å². The van der Waals surface area contributed by atoms with Crippen LogP contribution in [0.3, 0.4) is 0 Å². The summed E-state index contributed by atoms with van der Waals surface area (Å²) in [5.74, 6) is -0.323. The summed E-state index contributed by atoms with van der Waals surface area (Å²) in [4.78, 5) is 2.16. The van der Waals surface area contributed by atoms with Gasteiger partial charge in [0.25, 0.3) is 0 Å². The fourth-order valence-electron chi connectivity index (χ4n) is 1.52. The molecule has 15 heavy (non-hydrogen) atoms. The van der Waals surface area contributed by atoms with Crippen molar-refractivity contribution < 1.29 is 4.39 Å². The van der Waals surface area contributed by atoms with Gasteiger partial charge >= 0.3 is 0 Å². The highest BCUT2D eigenvalue weighted by atomic mass is 19.1. The number of rotatable bonds is 5.